The van der Waals surface area contributed by atoms with Gasteiger partial charge in [0, 0.05) is 44.1 Å². The van der Waals surface area contributed by atoms with E-state index in [1.165, 1.54) is 16.8 Å². The Labute approximate surface area is 195 Å². The van der Waals surface area contributed by atoms with Crippen molar-refractivity contribution < 1.29 is 9.50 Å². The predicted molar refractivity (Wildman–Crippen MR) is 130 cm³/mol. The normalized spacial score (nSPS) is 18.8. The minimum atomic E-state index is -1.12. The van der Waals surface area contributed by atoms with Crippen LogP contribution in [0.4, 0.5) is 10.1 Å². The summed E-state index contributed by atoms with van der Waals surface area (Å²) in [7, 11) is 0. The number of anilines is 1. The van der Waals surface area contributed by atoms with Gasteiger partial charge in [-0.15, -0.1) is 0 Å². The SMILES string of the molecule is CC(O)(c1ccc2c(c1)N(C1CCN(CCc3ccc(F)cc3)CC1)CC2)c1ccccn1. The summed E-state index contributed by atoms with van der Waals surface area (Å²) in [6, 6.07) is 19.5. The van der Waals surface area contributed by atoms with Crippen LogP contribution in [0.1, 0.15) is 42.1 Å². The molecule has 1 saturated heterocycles. The number of hydrogen-bond acceptors (Lipinski definition) is 4. The zero-order valence-corrected chi connectivity index (χ0v) is 19.3. The Bertz CT molecular complexity index is 1080. The van der Waals surface area contributed by atoms with E-state index in [1.54, 1.807) is 18.3 Å². The van der Waals surface area contributed by atoms with Gasteiger partial charge >= 0.3 is 0 Å². The number of benzene rings is 2. The summed E-state index contributed by atoms with van der Waals surface area (Å²) in [5.41, 5.74) is 4.28. The van der Waals surface area contributed by atoms with Gasteiger partial charge < -0.3 is 14.9 Å². The Morgan fingerprint density at radius 2 is 1.82 bits per heavy atom. The first-order chi connectivity index (χ1) is 16.0. The standard InChI is InChI=1S/C28H32FN3O/c1-28(33,27-4-2-3-15-30-27)23-8-7-22-12-19-32(26(22)20-23)25-13-17-31(18-14-25)16-11-21-5-9-24(29)10-6-21/h2-10,15,20,25,33H,11-14,16-19H2,1H3. The van der Waals surface area contributed by atoms with Crippen LogP contribution >= 0.6 is 0 Å². The van der Waals surface area contributed by atoms with E-state index in [-0.39, 0.29) is 5.82 Å². The van der Waals surface area contributed by atoms with Crippen LogP contribution in [0.2, 0.25) is 0 Å². The summed E-state index contributed by atoms with van der Waals surface area (Å²) in [6.45, 7) is 6.07. The van der Waals surface area contributed by atoms with Gasteiger partial charge in [0.15, 0.2) is 0 Å². The summed E-state index contributed by atoms with van der Waals surface area (Å²) in [5.74, 6) is -0.171. The van der Waals surface area contributed by atoms with E-state index in [0.29, 0.717) is 11.7 Å². The lowest BCUT2D eigenvalue weighted by molar-refractivity contribution is 0.0974. The van der Waals surface area contributed by atoms with Gasteiger partial charge in [0.2, 0.25) is 0 Å². The fourth-order valence-corrected chi connectivity index (χ4v) is 5.28. The maximum atomic E-state index is 13.1. The zero-order valence-electron chi connectivity index (χ0n) is 19.3. The van der Waals surface area contributed by atoms with Gasteiger partial charge in [-0.1, -0.05) is 30.3 Å². The second kappa shape index (κ2) is 9.24. The van der Waals surface area contributed by atoms with Crippen molar-refractivity contribution in [2.24, 2.45) is 0 Å². The maximum Gasteiger partial charge on any atom is 0.129 e. The Morgan fingerprint density at radius 3 is 2.55 bits per heavy atom. The van der Waals surface area contributed by atoms with Crippen LogP contribution in [0.15, 0.2) is 66.9 Å². The molecule has 1 unspecified atom stereocenters. The van der Waals surface area contributed by atoms with Crippen LogP contribution in [-0.4, -0.2) is 47.2 Å². The topological polar surface area (TPSA) is 39.6 Å². The molecule has 2 aliphatic rings. The van der Waals surface area contributed by atoms with Crippen molar-refractivity contribution in [3.8, 4) is 0 Å². The van der Waals surface area contributed by atoms with Crippen molar-refractivity contribution in [3.63, 3.8) is 0 Å². The highest BCUT2D eigenvalue weighted by atomic mass is 19.1. The van der Waals surface area contributed by atoms with Crippen molar-refractivity contribution in [1.82, 2.24) is 9.88 Å². The van der Waals surface area contributed by atoms with Crippen molar-refractivity contribution >= 4 is 5.69 Å². The molecule has 0 radical (unpaired) electrons. The van der Waals surface area contributed by atoms with E-state index >= 15 is 0 Å². The molecule has 5 rings (SSSR count). The molecule has 0 amide bonds. The number of aromatic nitrogens is 1. The predicted octanol–water partition coefficient (Wildman–Crippen LogP) is 4.55. The Kier molecular flexibility index (Phi) is 6.17. The minimum Gasteiger partial charge on any atom is -0.379 e. The molecule has 2 aromatic carbocycles. The van der Waals surface area contributed by atoms with Crippen molar-refractivity contribution in [1.29, 1.82) is 0 Å². The molecule has 1 N–H and O–H groups in total. The lowest BCUT2D eigenvalue weighted by Gasteiger charge is -2.38. The maximum absolute atomic E-state index is 13.1. The summed E-state index contributed by atoms with van der Waals surface area (Å²) < 4.78 is 13.1. The Morgan fingerprint density at radius 1 is 1.03 bits per heavy atom. The summed E-state index contributed by atoms with van der Waals surface area (Å²) in [5, 5.41) is 11.3. The Balaban J connectivity index is 1.24. The first kappa shape index (κ1) is 22.1. The first-order valence-electron chi connectivity index (χ1n) is 12.0. The zero-order chi connectivity index (χ0) is 22.8. The van der Waals surface area contributed by atoms with Gasteiger partial charge in [-0.05, 0) is 79.6 Å². The molecule has 172 valence electrons. The monoisotopic (exact) mass is 445 g/mol. The molecule has 0 aliphatic carbocycles. The molecule has 5 heteroatoms. The second-order valence-corrected chi connectivity index (χ2v) is 9.52. The highest BCUT2D eigenvalue weighted by Crippen LogP contribution is 2.37. The number of pyridine rings is 1. The molecule has 2 aliphatic heterocycles. The largest absolute Gasteiger partial charge is 0.379 e. The number of hydrogen-bond donors (Lipinski definition) is 1. The number of likely N-dealkylation sites (tertiary alicyclic amines) is 1. The molecule has 0 saturated carbocycles. The molecule has 1 fully saturated rings. The lowest BCUT2D eigenvalue weighted by Crippen LogP contribution is -2.45. The molecular weight excluding hydrogens is 413 g/mol. The third-order valence-electron chi connectivity index (χ3n) is 7.37. The van der Waals surface area contributed by atoms with E-state index in [2.05, 4.69) is 33.0 Å². The van der Waals surface area contributed by atoms with E-state index in [1.807, 2.05) is 37.3 Å². The fraction of sp³-hybridized carbons (Fsp3) is 0.393. The number of nitrogens with zero attached hydrogens (tertiary/aromatic N) is 3. The number of piperidine rings is 1. The molecular formula is C28H32FN3O. The van der Waals surface area contributed by atoms with Gasteiger partial charge in [-0.2, -0.15) is 0 Å². The number of aliphatic hydroxyl groups is 1. The molecule has 4 nitrogen and oxygen atoms in total. The van der Waals surface area contributed by atoms with E-state index in [9.17, 15) is 9.50 Å². The van der Waals surface area contributed by atoms with Crippen LogP contribution < -0.4 is 4.90 Å². The average Bonchev–Trinajstić information content (AvgIpc) is 3.28. The molecule has 3 heterocycles. The average molecular weight is 446 g/mol. The van der Waals surface area contributed by atoms with E-state index in [0.717, 1.165) is 57.4 Å². The quantitative estimate of drug-likeness (QED) is 0.605. The molecule has 1 atom stereocenters. The highest BCUT2D eigenvalue weighted by Gasteiger charge is 2.32. The van der Waals surface area contributed by atoms with Crippen molar-refractivity contribution in [3.05, 3.63) is 95.1 Å². The van der Waals surface area contributed by atoms with E-state index < -0.39 is 5.60 Å². The van der Waals surface area contributed by atoms with Crippen LogP contribution in [0.5, 0.6) is 0 Å². The molecule has 1 aromatic heterocycles. The van der Waals surface area contributed by atoms with Crippen LogP contribution in [0.25, 0.3) is 0 Å². The molecule has 0 bridgehead atoms. The summed E-state index contributed by atoms with van der Waals surface area (Å²) in [6.07, 6.45) is 6.04. The number of halogens is 1. The van der Waals surface area contributed by atoms with Crippen LogP contribution in [0.3, 0.4) is 0 Å². The molecule has 3 aromatic rings. The van der Waals surface area contributed by atoms with Gasteiger partial charge in [0.25, 0.3) is 0 Å². The van der Waals surface area contributed by atoms with E-state index in [4.69, 9.17) is 0 Å². The van der Waals surface area contributed by atoms with Crippen molar-refractivity contribution in [2.45, 2.75) is 44.2 Å². The molecule has 33 heavy (non-hydrogen) atoms. The number of fused-ring (bicyclic) bond motifs is 1. The fourth-order valence-electron chi connectivity index (χ4n) is 5.28. The number of rotatable bonds is 6. The second-order valence-electron chi connectivity index (χ2n) is 9.52. The van der Waals surface area contributed by atoms with Gasteiger partial charge in [0.1, 0.15) is 11.4 Å². The lowest BCUT2D eigenvalue weighted by atomic mass is 9.90. The van der Waals surface area contributed by atoms with Crippen LogP contribution in [-0.2, 0) is 18.4 Å². The summed E-state index contributed by atoms with van der Waals surface area (Å²) >= 11 is 0. The smallest absolute Gasteiger partial charge is 0.129 e. The summed E-state index contributed by atoms with van der Waals surface area (Å²) in [4.78, 5) is 9.48. The molecule has 0 spiro atoms. The third kappa shape index (κ3) is 4.66. The van der Waals surface area contributed by atoms with Gasteiger partial charge in [0.05, 0.1) is 5.69 Å². The minimum absolute atomic E-state index is 0.171. The van der Waals surface area contributed by atoms with Gasteiger partial charge in [-0.25, -0.2) is 4.39 Å². The van der Waals surface area contributed by atoms with Gasteiger partial charge in [-0.3, -0.25) is 4.98 Å². The van der Waals surface area contributed by atoms with Crippen LogP contribution in [0, 0.1) is 5.82 Å². The Hall–Kier alpha value is -2.76. The third-order valence-corrected chi connectivity index (χ3v) is 7.37. The van der Waals surface area contributed by atoms with Crippen molar-refractivity contribution in [2.75, 3.05) is 31.1 Å². The first-order valence-corrected chi connectivity index (χ1v) is 12.0. The highest BCUT2D eigenvalue weighted by molar-refractivity contribution is 5.61.